The summed E-state index contributed by atoms with van der Waals surface area (Å²) in [5.41, 5.74) is 14.6. The first-order valence-corrected chi connectivity index (χ1v) is 11.8. The third-order valence-electron chi connectivity index (χ3n) is 7.96. The zero-order valence-corrected chi connectivity index (χ0v) is 19.2. The second-order valence-electron chi connectivity index (χ2n) is 10.4. The lowest BCUT2D eigenvalue weighted by Gasteiger charge is -2.24. The van der Waals surface area contributed by atoms with Crippen molar-refractivity contribution in [2.75, 3.05) is 11.5 Å². The summed E-state index contributed by atoms with van der Waals surface area (Å²) in [6.07, 6.45) is 6.52. The fourth-order valence-electron chi connectivity index (χ4n) is 6.42. The third kappa shape index (κ3) is 2.80. The van der Waals surface area contributed by atoms with Crippen molar-refractivity contribution in [3.63, 3.8) is 0 Å². The van der Waals surface area contributed by atoms with Gasteiger partial charge < -0.3 is 25.5 Å². The molecule has 3 aliphatic rings. The number of nitrogen functional groups attached to an aromatic ring is 2. The molecule has 4 aromatic rings. The number of hydrogen-bond acceptors (Lipinski definition) is 8. The number of nitrogens with two attached hydrogens (primary N) is 2. The molecule has 0 bridgehead atoms. The molecule has 9 nitrogen and oxygen atoms in total. The first-order valence-electron chi connectivity index (χ1n) is 11.8. The Kier molecular flexibility index (Phi) is 3.93. The van der Waals surface area contributed by atoms with Gasteiger partial charge in [-0.1, -0.05) is 0 Å². The van der Waals surface area contributed by atoms with Crippen molar-refractivity contribution in [2.24, 2.45) is 11.3 Å². The second kappa shape index (κ2) is 6.64. The fraction of sp³-hybridized carbons (Fsp3) is 0.440. The van der Waals surface area contributed by atoms with E-state index in [1.807, 2.05) is 26.0 Å². The molecule has 5 atom stereocenters. The summed E-state index contributed by atoms with van der Waals surface area (Å²) in [4.78, 5) is 17.9. The zero-order valence-electron chi connectivity index (χ0n) is 19.2. The Labute approximate surface area is 196 Å². The van der Waals surface area contributed by atoms with Crippen LogP contribution in [0.4, 0.5) is 11.6 Å². The highest BCUT2D eigenvalue weighted by Crippen LogP contribution is 2.73. The van der Waals surface area contributed by atoms with Crippen LogP contribution in [0, 0.1) is 11.3 Å². The number of aromatic nitrogens is 5. The minimum atomic E-state index is -0.617. The standard InChI is InChI=1S/C25H27N7O2/c1-24(2)33-19-18(32-10-8-15-21(27)28-12-29-23(15)32)16-11-25(16,20(19)34-24)9-7-14-5-3-13-4-6-17(26)31-22(13)30-14/h3-6,8,10,12,16,18-20H,7,9,11H2,1-2H3,(H2,26,30,31)(H2,27,28,29)/t16?,18-,19+,20+,25-/m1/s1. The molecule has 0 spiro atoms. The van der Waals surface area contributed by atoms with Gasteiger partial charge in [-0.25, -0.2) is 19.9 Å². The maximum atomic E-state index is 6.53. The van der Waals surface area contributed by atoms with Crippen LogP contribution in [0.5, 0.6) is 0 Å². The normalized spacial score (nSPS) is 31.1. The Hall–Kier alpha value is -3.30. The molecule has 2 saturated carbocycles. The average molecular weight is 458 g/mol. The Bertz CT molecular complexity index is 1450. The molecule has 0 aromatic carbocycles. The molecule has 9 heteroatoms. The number of hydrogen-bond donors (Lipinski definition) is 2. The molecule has 5 heterocycles. The first kappa shape index (κ1) is 20.1. The van der Waals surface area contributed by atoms with E-state index in [-0.39, 0.29) is 23.7 Å². The third-order valence-corrected chi connectivity index (χ3v) is 7.96. The van der Waals surface area contributed by atoms with Gasteiger partial charge >= 0.3 is 0 Å². The van der Waals surface area contributed by atoms with Crippen molar-refractivity contribution in [1.82, 2.24) is 24.5 Å². The highest BCUT2D eigenvalue weighted by Gasteiger charge is 2.75. The van der Waals surface area contributed by atoms with Crippen LogP contribution in [0.1, 0.15) is 38.4 Å². The van der Waals surface area contributed by atoms with Gasteiger partial charge in [0.25, 0.3) is 0 Å². The van der Waals surface area contributed by atoms with Crippen molar-refractivity contribution < 1.29 is 9.47 Å². The van der Waals surface area contributed by atoms with E-state index < -0.39 is 5.79 Å². The van der Waals surface area contributed by atoms with E-state index >= 15 is 0 Å². The van der Waals surface area contributed by atoms with Crippen LogP contribution >= 0.6 is 0 Å². The lowest BCUT2D eigenvalue weighted by atomic mass is 9.92. The van der Waals surface area contributed by atoms with Gasteiger partial charge in [0.1, 0.15) is 29.7 Å². The van der Waals surface area contributed by atoms with Crippen LogP contribution in [-0.2, 0) is 15.9 Å². The number of anilines is 2. The van der Waals surface area contributed by atoms with Crippen LogP contribution in [0.3, 0.4) is 0 Å². The minimum absolute atomic E-state index is 0.0309. The van der Waals surface area contributed by atoms with Gasteiger partial charge in [0, 0.05) is 22.7 Å². The molecular formula is C25H27N7O2. The zero-order chi connectivity index (χ0) is 23.2. The molecule has 2 aliphatic carbocycles. The minimum Gasteiger partial charge on any atom is -0.384 e. The molecule has 0 radical (unpaired) electrons. The Morgan fingerprint density at radius 2 is 1.91 bits per heavy atom. The van der Waals surface area contributed by atoms with E-state index in [2.05, 4.69) is 37.8 Å². The number of fused-ring (bicyclic) bond motifs is 5. The maximum Gasteiger partial charge on any atom is 0.163 e. The van der Waals surface area contributed by atoms with E-state index in [0.29, 0.717) is 23.2 Å². The van der Waals surface area contributed by atoms with E-state index in [1.165, 1.54) is 6.33 Å². The molecule has 0 amide bonds. The van der Waals surface area contributed by atoms with Crippen LogP contribution in [0.25, 0.3) is 22.1 Å². The Morgan fingerprint density at radius 3 is 2.79 bits per heavy atom. The molecule has 34 heavy (non-hydrogen) atoms. The van der Waals surface area contributed by atoms with Crippen molar-refractivity contribution in [2.45, 2.75) is 57.1 Å². The predicted octanol–water partition coefficient (Wildman–Crippen LogP) is 3.25. The predicted molar refractivity (Wildman–Crippen MR) is 128 cm³/mol. The summed E-state index contributed by atoms with van der Waals surface area (Å²) in [7, 11) is 0. The Morgan fingerprint density at radius 1 is 1.06 bits per heavy atom. The summed E-state index contributed by atoms with van der Waals surface area (Å²) in [6, 6.07) is 10.1. The van der Waals surface area contributed by atoms with E-state index in [9.17, 15) is 0 Å². The lowest BCUT2D eigenvalue weighted by Crippen LogP contribution is -2.32. The SMILES string of the molecule is CC1(C)O[C@H]2[C@H](n3ccc4c(N)ncnc43)C3C[C@@]3(CCc3ccc4ccc(N)nc4n3)[C@H]2O1. The molecule has 1 unspecified atom stereocenters. The summed E-state index contributed by atoms with van der Waals surface area (Å²) in [5, 5.41) is 1.87. The first-order chi connectivity index (χ1) is 16.3. The maximum absolute atomic E-state index is 6.53. The van der Waals surface area contributed by atoms with Crippen molar-refractivity contribution in [3.05, 3.63) is 48.5 Å². The molecule has 4 N–H and O–H groups in total. The van der Waals surface area contributed by atoms with Crippen LogP contribution < -0.4 is 11.5 Å². The van der Waals surface area contributed by atoms with Gasteiger partial charge in [-0.05, 0) is 69.4 Å². The largest absolute Gasteiger partial charge is 0.384 e. The van der Waals surface area contributed by atoms with Gasteiger partial charge in [0.15, 0.2) is 11.4 Å². The monoisotopic (exact) mass is 457 g/mol. The molecule has 7 rings (SSSR count). The van der Waals surface area contributed by atoms with Crippen molar-refractivity contribution >= 4 is 33.7 Å². The average Bonchev–Trinajstić information content (AvgIpc) is 3.05. The van der Waals surface area contributed by atoms with Crippen molar-refractivity contribution in [3.8, 4) is 0 Å². The topological polar surface area (TPSA) is 127 Å². The quantitative estimate of drug-likeness (QED) is 0.478. The highest BCUT2D eigenvalue weighted by molar-refractivity contribution is 5.86. The molecular weight excluding hydrogens is 430 g/mol. The number of nitrogens with zero attached hydrogens (tertiary/aromatic N) is 5. The van der Waals surface area contributed by atoms with Crippen molar-refractivity contribution in [1.29, 1.82) is 0 Å². The van der Waals surface area contributed by atoms with E-state index in [1.54, 1.807) is 6.07 Å². The summed E-state index contributed by atoms with van der Waals surface area (Å²) in [5.74, 6) is 0.815. The molecule has 1 aliphatic heterocycles. The molecule has 1 saturated heterocycles. The number of pyridine rings is 2. The number of rotatable bonds is 4. The Balaban J connectivity index is 1.22. The lowest BCUT2D eigenvalue weighted by molar-refractivity contribution is -0.161. The van der Waals surface area contributed by atoms with Gasteiger partial charge in [-0.3, -0.25) is 0 Å². The second-order valence-corrected chi connectivity index (χ2v) is 10.4. The summed E-state index contributed by atoms with van der Waals surface area (Å²) >= 11 is 0. The van der Waals surface area contributed by atoms with Crippen LogP contribution in [-0.4, -0.2) is 42.5 Å². The van der Waals surface area contributed by atoms with Gasteiger partial charge in [-0.15, -0.1) is 0 Å². The highest BCUT2D eigenvalue weighted by atomic mass is 16.8. The number of aryl methyl sites for hydroxylation is 1. The summed E-state index contributed by atoms with van der Waals surface area (Å²) in [6.45, 7) is 4.00. The smallest absolute Gasteiger partial charge is 0.163 e. The van der Waals surface area contributed by atoms with Crippen LogP contribution in [0.2, 0.25) is 0 Å². The van der Waals surface area contributed by atoms with E-state index in [0.717, 1.165) is 41.4 Å². The van der Waals surface area contributed by atoms with Gasteiger partial charge in [0.05, 0.1) is 17.5 Å². The molecule has 4 aromatic heterocycles. The van der Waals surface area contributed by atoms with Gasteiger partial charge in [-0.2, -0.15) is 0 Å². The van der Waals surface area contributed by atoms with E-state index in [4.69, 9.17) is 25.9 Å². The molecule has 174 valence electrons. The number of ether oxygens (including phenoxy) is 2. The van der Waals surface area contributed by atoms with Crippen LogP contribution in [0.15, 0.2) is 42.9 Å². The molecule has 3 fully saturated rings. The van der Waals surface area contributed by atoms with Gasteiger partial charge in [0.2, 0.25) is 0 Å². The fourth-order valence-corrected chi connectivity index (χ4v) is 6.42. The summed E-state index contributed by atoms with van der Waals surface area (Å²) < 4.78 is 15.2.